The molecule has 7 heteroatoms. The topological polar surface area (TPSA) is 71.9 Å². The van der Waals surface area contributed by atoms with Gasteiger partial charge in [0, 0.05) is 51.5 Å². The Bertz CT molecular complexity index is 610. The van der Waals surface area contributed by atoms with Gasteiger partial charge in [0.05, 0.1) is 12.2 Å². The Morgan fingerprint density at radius 1 is 1.04 bits per heavy atom. The maximum absolute atomic E-state index is 12.8. The van der Waals surface area contributed by atoms with Crippen molar-refractivity contribution >= 4 is 11.7 Å². The number of rotatable bonds is 7. The van der Waals surface area contributed by atoms with Crippen molar-refractivity contribution in [3.63, 3.8) is 0 Å². The van der Waals surface area contributed by atoms with E-state index < -0.39 is 0 Å². The zero-order valence-corrected chi connectivity index (χ0v) is 16.5. The lowest BCUT2D eigenvalue weighted by Gasteiger charge is -2.35. The molecule has 0 atom stereocenters. The number of aliphatic hydroxyl groups excluding tert-OH is 1. The first-order valence-corrected chi connectivity index (χ1v) is 10.2. The van der Waals surface area contributed by atoms with Gasteiger partial charge >= 0.3 is 0 Å². The first kappa shape index (κ1) is 20.0. The van der Waals surface area contributed by atoms with E-state index in [1.165, 1.54) is 19.3 Å². The van der Waals surface area contributed by atoms with Crippen LogP contribution < -0.4 is 10.2 Å². The summed E-state index contributed by atoms with van der Waals surface area (Å²) in [5, 5.41) is 12.2. The number of piperidine rings is 1. The number of aliphatic hydroxyl groups is 1. The highest BCUT2D eigenvalue weighted by Crippen LogP contribution is 2.20. The number of aromatic nitrogens is 1. The molecule has 0 bridgehead atoms. The van der Waals surface area contributed by atoms with E-state index >= 15 is 0 Å². The summed E-state index contributed by atoms with van der Waals surface area (Å²) >= 11 is 0. The Morgan fingerprint density at radius 3 is 2.44 bits per heavy atom. The second-order valence-corrected chi connectivity index (χ2v) is 7.53. The van der Waals surface area contributed by atoms with Crippen LogP contribution in [0.1, 0.15) is 35.3 Å². The van der Waals surface area contributed by atoms with Gasteiger partial charge in [-0.3, -0.25) is 9.69 Å². The fourth-order valence-electron chi connectivity index (χ4n) is 3.89. The monoisotopic (exact) mass is 375 g/mol. The first-order valence-electron chi connectivity index (χ1n) is 10.2. The maximum atomic E-state index is 12.8. The van der Waals surface area contributed by atoms with Crippen LogP contribution in [0.4, 0.5) is 5.82 Å². The van der Waals surface area contributed by atoms with Crippen molar-refractivity contribution in [3.05, 3.63) is 23.4 Å². The molecule has 150 valence electrons. The summed E-state index contributed by atoms with van der Waals surface area (Å²) in [6.07, 6.45) is 3.86. The van der Waals surface area contributed by atoms with Crippen LogP contribution in [0.2, 0.25) is 0 Å². The Hall–Kier alpha value is -1.70. The van der Waals surface area contributed by atoms with Crippen molar-refractivity contribution in [3.8, 4) is 0 Å². The zero-order chi connectivity index (χ0) is 19.1. The lowest BCUT2D eigenvalue weighted by Crippen LogP contribution is -2.48. The second-order valence-electron chi connectivity index (χ2n) is 7.53. The van der Waals surface area contributed by atoms with Crippen molar-refractivity contribution < 1.29 is 9.90 Å². The van der Waals surface area contributed by atoms with Crippen molar-refractivity contribution in [2.24, 2.45) is 0 Å². The van der Waals surface area contributed by atoms with Crippen LogP contribution in [0.3, 0.4) is 0 Å². The normalized spacial score (nSPS) is 19.3. The Balaban J connectivity index is 1.58. The molecule has 0 aliphatic carbocycles. The fourth-order valence-corrected chi connectivity index (χ4v) is 3.89. The van der Waals surface area contributed by atoms with Crippen LogP contribution in [0, 0.1) is 6.92 Å². The molecule has 2 N–H and O–H groups in total. The smallest absolute Gasteiger partial charge is 0.255 e. The van der Waals surface area contributed by atoms with E-state index in [0.29, 0.717) is 18.7 Å². The van der Waals surface area contributed by atoms with E-state index in [4.69, 9.17) is 5.11 Å². The van der Waals surface area contributed by atoms with Gasteiger partial charge in [-0.15, -0.1) is 0 Å². The molecule has 7 nitrogen and oxygen atoms in total. The number of nitrogens with one attached hydrogen (secondary N) is 1. The van der Waals surface area contributed by atoms with Crippen LogP contribution in [0.15, 0.2) is 12.1 Å². The van der Waals surface area contributed by atoms with Gasteiger partial charge in [-0.2, -0.15) is 0 Å². The summed E-state index contributed by atoms with van der Waals surface area (Å²) in [7, 11) is 0. The molecule has 1 aromatic heterocycles. The van der Waals surface area contributed by atoms with E-state index in [9.17, 15) is 4.79 Å². The number of likely N-dealkylation sites (tertiary alicyclic amines) is 1. The third-order valence-corrected chi connectivity index (χ3v) is 5.51. The molecule has 1 amide bonds. The number of β-amino-alcohol motifs (C(OH)–C–C–N with tert-alkyl or cyclic N) is 1. The highest BCUT2D eigenvalue weighted by molar-refractivity contribution is 5.99. The van der Waals surface area contributed by atoms with Crippen molar-refractivity contribution in [1.82, 2.24) is 20.1 Å². The lowest BCUT2D eigenvalue weighted by molar-refractivity contribution is 0.0946. The van der Waals surface area contributed by atoms with Crippen LogP contribution in [-0.2, 0) is 0 Å². The molecule has 27 heavy (non-hydrogen) atoms. The Morgan fingerprint density at radius 2 is 1.74 bits per heavy atom. The molecule has 0 saturated carbocycles. The average molecular weight is 376 g/mol. The van der Waals surface area contributed by atoms with Crippen LogP contribution >= 0.6 is 0 Å². The second kappa shape index (κ2) is 10.0. The predicted molar refractivity (Wildman–Crippen MR) is 107 cm³/mol. The summed E-state index contributed by atoms with van der Waals surface area (Å²) < 4.78 is 0. The highest BCUT2D eigenvalue weighted by atomic mass is 16.3. The van der Waals surface area contributed by atoms with Crippen LogP contribution in [-0.4, -0.2) is 91.3 Å². The van der Waals surface area contributed by atoms with Gasteiger partial charge in [-0.1, -0.05) is 6.42 Å². The maximum Gasteiger partial charge on any atom is 0.255 e. The van der Waals surface area contributed by atoms with E-state index in [1.807, 2.05) is 19.1 Å². The van der Waals surface area contributed by atoms with Crippen molar-refractivity contribution in [2.75, 3.05) is 70.4 Å². The predicted octanol–water partition coefficient (Wildman–Crippen LogP) is 0.720. The van der Waals surface area contributed by atoms with Gasteiger partial charge in [-0.05, 0) is 45.0 Å². The van der Waals surface area contributed by atoms with E-state index in [-0.39, 0.29) is 12.5 Å². The molecular formula is C20H33N5O2. The molecule has 2 aliphatic rings. The quantitative estimate of drug-likeness (QED) is 0.732. The summed E-state index contributed by atoms with van der Waals surface area (Å²) in [6, 6.07) is 3.80. The first-order chi connectivity index (χ1) is 13.2. The molecule has 0 unspecified atom stereocenters. The number of amides is 1. The molecular weight excluding hydrogens is 342 g/mol. The number of carbonyl (C=O) groups excluding carboxylic acids is 1. The number of aryl methyl sites for hydroxylation is 1. The molecule has 3 rings (SSSR count). The van der Waals surface area contributed by atoms with Gasteiger partial charge in [0.25, 0.3) is 5.91 Å². The van der Waals surface area contributed by atoms with Crippen molar-refractivity contribution in [2.45, 2.75) is 26.2 Å². The van der Waals surface area contributed by atoms with Crippen molar-refractivity contribution in [1.29, 1.82) is 0 Å². The molecule has 1 aromatic rings. The number of hydrogen-bond acceptors (Lipinski definition) is 6. The number of pyridine rings is 1. The van der Waals surface area contributed by atoms with Gasteiger partial charge in [0.15, 0.2) is 0 Å². The fraction of sp³-hybridized carbons (Fsp3) is 0.700. The molecule has 0 spiro atoms. The third-order valence-electron chi connectivity index (χ3n) is 5.51. The zero-order valence-electron chi connectivity index (χ0n) is 16.5. The van der Waals surface area contributed by atoms with Crippen LogP contribution in [0.5, 0.6) is 0 Å². The number of hydrogen-bond donors (Lipinski definition) is 2. The number of anilines is 1. The largest absolute Gasteiger partial charge is 0.395 e. The Kier molecular flexibility index (Phi) is 7.43. The minimum absolute atomic E-state index is 0.0349. The average Bonchev–Trinajstić information content (AvgIpc) is 2.69. The lowest BCUT2D eigenvalue weighted by atomic mass is 10.1. The molecule has 0 radical (unpaired) electrons. The minimum atomic E-state index is -0.0349. The summed E-state index contributed by atoms with van der Waals surface area (Å²) in [6.45, 7) is 10.1. The number of piperazine rings is 1. The molecule has 0 aromatic carbocycles. The van der Waals surface area contributed by atoms with Gasteiger partial charge in [0.1, 0.15) is 5.82 Å². The minimum Gasteiger partial charge on any atom is -0.395 e. The number of carbonyl (C=O) groups is 1. The van der Waals surface area contributed by atoms with E-state index in [1.54, 1.807) is 0 Å². The molecule has 3 heterocycles. The Labute approximate surface area is 162 Å². The van der Waals surface area contributed by atoms with Gasteiger partial charge in [-0.25, -0.2) is 4.98 Å². The van der Waals surface area contributed by atoms with Gasteiger partial charge < -0.3 is 20.2 Å². The highest BCUT2D eigenvalue weighted by Gasteiger charge is 2.23. The number of nitrogens with zero attached hydrogens (tertiary/aromatic N) is 4. The summed E-state index contributed by atoms with van der Waals surface area (Å²) in [4.78, 5) is 24.3. The molecule has 2 fully saturated rings. The van der Waals surface area contributed by atoms with E-state index in [2.05, 4.69) is 25.0 Å². The SMILES string of the molecule is Cc1ccc(C(=O)NCCN2CCCCC2)c(N2CCN(CCO)CC2)n1. The molecule has 2 aliphatic heterocycles. The third kappa shape index (κ3) is 5.64. The van der Waals surface area contributed by atoms with E-state index in [0.717, 1.165) is 57.3 Å². The van der Waals surface area contributed by atoms with Gasteiger partial charge in [0.2, 0.25) is 0 Å². The molecule has 2 saturated heterocycles. The summed E-state index contributed by atoms with van der Waals surface area (Å²) in [5.74, 6) is 0.751. The standard InChI is InChI=1S/C20H33N5O2/c1-17-5-6-18(20(27)21-7-10-23-8-3-2-4-9-23)19(22-17)25-13-11-24(12-14-25)15-16-26/h5-6,26H,2-4,7-16H2,1H3,(H,21,27). The van der Waals surface area contributed by atoms with Crippen LogP contribution in [0.25, 0.3) is 0 Å². The summed E-state index contributed by atoms with van der Waals surface area (Å²) in [5.41, 5.74) is 1.59.